The second-order valence-corrected chi connectivity index (χ2v) is 6.74. The summed E-state index contributed by atoms with van der Waals surface area (Å²) in [5, 5.41) is 8.36. The van der Waals surface area contributed by atoms with Crippen molar-refractivity contribution in [3.8, 4) is 0 Å². The lowest BCUT2D eigenvalue weighted by atomic mass is 10.3. The van der Waals surface area contributed by atoms with E-state index in [-0.39, 0.29) is 4.90 Å². The summed E-state index contributed by atoms with van der Waals surface area (Å²) >= 11 is 3.35. The first-order valence-corrected chi connectivity index (χ1v) is 8.46. The predicted octanol–water partition coefficient (Wildman–Crippen LogP) is 2.53. The average molecular weight is 358 g/mol. The molecular weight excluding hydrogens is 342 g/mol. The van der Waals surface area contributed by atoms with Gasteiger partial charge in [0.25, 0.3) is 0 Å². The predicted molar refractivity (Wildman–Crippen MR) is 82.9 cm³/mol. The molecular formula is C13H16BrN3O2S. The van der Waals surface area contributed by atoms with Gasteiger partial charge in [-0.3, -0.25) is 0 Å². The zero-order valence-corrected chi connectivity index (χ0v) is 13.4. The van der Waals surface area contributed by atoms with E-state index < -0.39 is 10.0 Å². The third kappa shape index (κ3) is 3.41. The van der Waals surface area contributed by atoms with Gasteiger partial charge in [0.1, 0.15) is 0 Å². The van der Waals surface area contributed by atoms with Crippen molar-refractivity contribution in [1.29, 1.82) is 0 Å². The Kier molecular flexibility index (Phi) is 4.52. The van der Waals surface area contributed by atoms with Crippen LogP contribution in [0, 0.1) is 0 Å². The number of primary sulfonamides is 1. The highest BCUT2D eigenvalue weighted by molar-refractivity contribution is 9.10. The van der Waals surface area contributed by atoms with E-state index in [9.17, 15) is 8.42 Å². The van der Waals surface area contributed by atoms with Gasteiger partial charge in [0, 0.05) is 28.6 Å². The molecule has 0 aliphatic carbocycles. The molecule has 1 aromatic carbocycles. The molecule has 0 amide bonds. The molecule has 0 aliphatic rings. The van der Waals surface area contributed by atoms with Gasteiger partial charge in [-0.1, -0.05) is 0 Å². The van der Waals surface area contributed by atoms with Crippen molar-refractivity contribution in [3.05, 3.63) is 46.7 Å². The maximum atomic E-state index is 11.3. The number of sulfonamides is 1. The molecule has 2 aromatic rings. The summed E-state index contributed by atoms with van der Waals surface area (Å²) in [5.74, 6) is 0. The van der Waals surface area contributed by atoms with Gasteiger partial charge in [-0.15, -0.1) is 0 Å². The second kappa shape index (κ2) is 5.99. The summed E-state index contributed by atoms with van der Waals surface area (Å²) < 4.78 is 25.3. The van der Waals surface area contributed by atoms with Gasteiger partial charge < -0.3 is 9.88 Å². The van der Waals surface area contributed by atoms with E-state index in [1.165, 1.54) is 12.1 Å². The van der Waals surface area contributed by atoms with E-state index >= 15 is 0 Å². The van der Waals surface area contributed by atoms with Gasteiger partial charge >= 0.3 is 0 Å². The number of anilines is 1. The SMILES string of the molecule is CCn1cccc1CNc1ccc(S(N)(=O)=O)cc1Br. The van der Waals surface area contributed by atoms with Crippen LogP contribution >= 0.6 is 15.9 Å². The molecule has 0 spiro atoms. The fourth-order valence-electron chi connectivity index (χ4n) is 1.92. The molecule has 20 heavy (non-hydrogen) atoms. The second-order valence-electron chi connectivity index (χ2n) is 4.33. The van der Waals surface area contributed by atoms with Gasteiger partial charge in [-0.05, 0) is 53.2 Å². The lowest BCUT2D eigenvalue weighted by Gasteiger charge is -2.11. The molecule has 1 aromatic heterocycles. The minimum absolute atomic E-state index is 0.0897. The third-order valence-electron chi connectivity index (χ3n) is 2.99. The van der Waals surface area contributed by atoms with Gasteiger partial charge in [0.2, 0.25) is 10.0 Å². The Labute approximate surface area is 127 Å². The summed E-state index contributed by atoms with van der Waals surface area (Å²) in [7, 11) is -3.67. The Morgan fingerprint density at radius 1 is 1.35 bits per heavy atom. The Hall–Kier alpha value is -1.31. The first kappa shape index (κ1) is 15.1. The van der Waals surface area contributed by atoms with E-state index in [0.717, 1.165) is 17.9 Å². The number of rotatable bonds is 5. The summed E-state index contributed by atoms with van der Waals surface area (Å²) in [6.07, 6.45) is 2.02. The third-order valence-corrected chi connectivity index (χ3v) is 4.56. The molecule has 3 N–H and O–H groups in total. The lowest BCUT2D eigenvalue weighted by Crippen LogP contribution is -2.12. The Morgan fingerprint density at radius 3 is 2.70 bits per heavy atom. The van der Waals surface area contributed by atoms with E-state index in [2.05, 4.69) is 32.7 Å². The van der Waals surface area contributed by atoms with Crippen LogP contribution in [-0.2, 0) is 23.1 Å². The van der Waals surface area contributed by atoms with E-state index in [0.29, 0.717) is 11.0 Å². The average Bonchev–Trinajstić information content (AvgIpc) is 2.83. The number of hydrogen-bond acceptors (Lipinski definition) is 3. The normalized spacial score (nSPS) is 11.6. The zero-order valence-electron chi connectivity index (χ0n) is 11.0. The zero-order chi connectivity index (χ0) is 14.8. The van der Waals surface area contributed by atoms with Crippen LogP contribution in [0.2, 0.25) is 0 Å². The van der Waals surface area contributed by atoms with Crippen LogP contribution in [0.1, 0.15) is 12.6 Å². The van der Waals surface area contributed by atoms with Crippen molar-refractivity contribution in [2.45, 2.75) is 24.9 Å². The maximum Gasteiger partial charge on any atom is 0.238 e. The Morgan fingerprint density at radius 2 is 2.10 bits per heavy atom. The van der Waals surface area contributed by atoms with Gasteiger partial charge in [0.15, 0.2) is 0 Å². The van der Waals surface area contributed by atoms with Gasteiger partial charge in [-0.25, -0.2) is 13.6 Å². The Balaban J connectivity index is 2.15. The molecule has 0 atom stereocenters. The standard InChI is InChI=1S/C13H16BrN3O2S/c1-2-17-7-3-4-10(17)9-16-13-6-5-11(8-12(13)14)20(15,18)19/h3-8,16H,2,9H2,1H3,(H2,15,18,19). The van der Waals surface area contributed by atoms with Crippen molar-refractivity contribution in [3.63, 3.8) is 0 Å². The van der Waals surface area contributed by atoms with Crippen molar-refractivity contribution in [2.75, 3.05) is 5.32 Å². The van der Waals surface area contributed by atoms with Crippen LogP contribution in [0.4, 0.5) is 5.69 Å². The van der Waals surface area contributed by atoms with Crippen LogP contribution in [0.5, 0.6) is 0 Å². The van der Waals surface area contributed by atoms with Crippen LogP contribution in [0.25, 0.3) is 0 Å². The molecule has 0 saturated carbocycles. The minimum Gasteiger partial charge on any atom is -0.379 e. The summed E-state index contributed by atoms with van der Waals surface area (Å²) in [4.78, 5) is 0.0897. The van der Waals surface area contributed by atoms with Crippen molar-refractivity contribution >= 4 is 31.6 Å². The van der Waals surface area contributed by atoms with E-state index in [4.69, 9.17) is 5.14 Å². The van der Waals surface area contributed by atoms with Crippen LogP contribution in [-0.4, -0.2) is 13.0 Å². The van der Waals surface area contributed by atoms with E-state index in [1.54, 1.807) is 6.07 Å². The van der Waals surface area contributed by atoms with Crippen LogP contribution in [0.15, 0.2) is 45.9 Å². The summed E-state index contributed by atoms with van der Waals surface area (Å²) in [6.45, 7) is 3.66. The molecule has 7 heteroatoms. The molecule has 108 valence electrons. The smallest absolute Gasteiger partial charge is 0.238 e. The number of nitrogens with two attached hydrogens (primary N) is 1. The van der Waals surface area contributed by atoms with E-state index in [1.807, 2.05) is 18.3 Å². The quantitative estimate of drug-likeness (QED) is 0.862. The molecule has 2 rings (SSSR count). The fraction of sp³-hybridized carbons (Fsp3) is 0.231. The largest absolute Gasteiger partial charge is 0.379 e. The molecule has 0 unspecified atom stereocenters. The fourth-order valence-corrected chi connectivity index (χ4v) is 3.13. The van der Waals surface area contributed by atoms with Crippen molar-refractivity contribution in [2.24, 2.45) is 5.14 Å². The molecule has 0 radical (unpaired) electrons. The number of nitrogens with zero attached hydrogens (tertiary/aromatic N) is 1. The maximum absolute atomic E-state index is 11.3. The number of aromatic nitrogens is 1. The number of nitrogens with one attached hydrogen (secondary N) is 1. The Bertz CT molecular complexity index is 710. The molecule has 0 bridgehead atoms. The minimum atomic E-state index is -3.67. The number of aryl methyl sites for hydroxylation is 1. The highest BCUT2D eigenvalue weighted by atomic mass is 79.9. The van der Waals surface area contributed by atoms with Gasteiger partial charge in [-0.2, -0.15) is 0 Å². The summed E-state index contributed by atoms with van der Waals surface area (Å²) in [6, 6.07) is 8.73. The highest BCUT2D eigenvalue weighted by Gasteiger charge is 2.10. The first-order chi connectivity index (χ1) is 9.41. The molecule has 0 saturated heterocycles. The molecule has 5 nitrogen and oxygen atoms in total. The number of halogens is 1. The highest BCUT2D eigenvalue weighted by Crippen LogP contribution is 2.25. The molecule has 1 heterocycles. The van der Waals surface area contributed by atoms with Crippen molar-refractivity contribution in [1.82, 2.24) is 4.57 Å². The number of benzene rings is 1. The topological polar surface area (TPSA) is 77.1 Å². The molecule has 0 aliphatic heterocycles. The lowest BCUT2D eigenvalue weighted by molar-refractivity contribution is 0.598. The van der Waals surface area contributed by atoms with Gasteiger partial charge in [0.05, 0.1) is 11.4 Å². The van der Waals surface area contributed by atoms with Crippen molar-refractivity contribution < 1.29 is 8.42 Å². The summed E-state index contributed by atoms with van der Waals surface area (Å²) in [5.41, 5.74) is 1.98. The first-order valence-electron chi connectivity index (χ1n) is 6.12. The monoisotopic (exact) mass is 357 g/mol. The van der Waals surface area contributed by atoms with Crippen LogP contribution < -0.4 is 10.5 Å². The number of hydrogen-bond donors (Lipinski definition) is 2. The van der Waals surface area contributed by atoms with Crippen LogP contribution in [0.3, 0.4) is 0 Å². The molecule has 0 fully saturated rings.